The van der Waals surface area contributed by atoms with Crippen LogP contribution in [-0.2, 0) is 4.79 Å². The summed E-state index contributed by atoms with van der Waals surface area (Å²) in [7, 11) is 0. The Morgan fingerprint density at radius 1 is 1.56 bits per heavy atom. The van der Waals surface area contributed by atoms with Crippen LogP contribution in [0.15, 0.2) is 12.4 Å². The molecule has 1 unspecified atom stereocenters. The van der Waals surface area contributed by atoms with Crippen molar-refractivity contribution in [3.8, 4) is 0 Å². The molecule has 100 valence electrons. The smallest absolute Gasteiger partial charge is 0.244 e. The molecular weight excluding hydrogens is 228 g/mol. The third-order valence-corrected chi connectivity index (χ3v) is 3.51. The van der Waals surface area contributed by atoms with E-state index in [-0.39, 0.29) is 5.91 Å². The molecule has 1 aromatic rings. The maximum absolute atomic E-state index is 12.3. The van der Waals surface area contributed by atoms with Crippen LogP contribution in [0.4, 0.5) is 5.69 Å². The number of anilines is 1. The number of aromatic nitrogens is 2. The molecular formula is C13H22N4O. The summed E-state index contributed by atoms with van der Waals surface area (Å²) in [4.78, 5) is 12.3. The van der Waals surface area contributed by atoms with E-state index in [9.17, 15) is 4.79 Å². The zero-order valence-electron chi connectivity index (χ0n) is 11.4. The highest BCUT2D eigenvalue weighted by Crippen LogP contribution is 2.21. The Kier molecular flexibility index (Phi) is 3.71. The summed E-state index contributed by atoms with van der Waals surface area (Å²) in [6, 6.07) is 0.305. The van der Waals surface area contributed by atoms with E-state index in [4.69, 9.17) is 0 Å². The van der Waals surface area contributed by atoms with Crippen molar-refractivity contribution in [2.45, 2.75) is 51.6 Å². The van der Waals surface area contributed by atoms with Crippen molar-refractivity contribution in [2.24, 2.45) is 0 Å². The molecule has 5 nitrogen and oxygen atoms in total. The molecule has 0 radical (unpaired) electrons. The summed E-state index contributed by atoms with van der Waals surface area (Å²) in [6.45, 7) is 6.99. The fourth-order valence-corrected chi connectivity index (χ4v) is 2.20. The molecule has 0 aliphatic carbocycles. The number of amides is 1. The van der Waals surface area contributed by atoms with E-state index in [0.717, 1.165) is 31.5 Å². The van der Waals surface area contributed by atoms with Gasteiger partial charge in [0.25, 0.3) is 0 Å². The predicted octanol–water partition coefficient (Wildman–Crippen LogP) is 1.93. The summed E-state index contributed by atoms with van der Waals surface area (Å²) >= 11 is 0. The van der Waals surface area contributed by atoms with Crippen molar-refractivity contribution < 1.29 is 4.79 Å². The van der Waals surface area contributed by atoms with E-state index in [0.29, 0.717) is 6.04 Å². The van der Waals surface area contributed by atoms with Crippen molar-refractivity contribution in [3.05, 3.63) is 12.4 Å². The van der Waals surface area contributed by atoms with Crippen LogP contribution in [0.5, 0.6) is 0 Å². The molecule has 0 aromatic carbocycles. The van der Waals surface area contributed by atoms with Crippen LogP contribution >= 0.6 is 0 Å². The Hall–Kier alpha value is -1.36. The van der Waals surface area contributed by atoms with E-state index in [1.165, 1.54) is 0 Å². The van der Waals surface area contributed by atoms with Gasteiger partial charge in [0.2, 0.25) is 5.91 Å². The maximum Gasteiger partial charge on any atom is 0.244 e. The van der Waals surface area contributed by atoms with Crippen LogP contribution in [0.2, 0.25) is 0 Å². The highest BCUT2D eigenvalue weighted by molar-refractivity contribution is 5.97. The molecule has 1 aliphatic rings. The Balaban J connectivity index is 2.01. The number of rotatable bonds is 3. The minimum absolute atomic E-state index is 0.0329. The van der Waals surface area contributed by atoms with E-state index < -0.39 is 5.54 Å². The molecule has 1 aliphatic heterocycles. The Morgan fingerprint density at radius 2 is 2.33 bits per heavy atom. The zero-order valence-corrected chi connectivity index (χ0v) is 11.4. The number of piperidine rings is 1. The lowest BCUT2D eigenvalue weighted by atomic mass is 9.90. The molecule has 2 rings (SSSR count). The number of nitrogens with zero attached hydrogens (tertiary/aromatic N) is 2. The molecule has 1 atom stereocenters. The zero-order chi connectivity index (χ0) is 13.2. The van der Waals surface area contributed by atoms with Crippen LogP contribution in [0.3, 0.4) is 0 Å². The Labute approximate surface area is 108 Å². The van der Waals surface area contributed by atoms with Crippen molar-refractivity contribution in [2.75, 3.05) is 11.9 Å². The summed E-state index contributed by atoms with van der Waals surface area (Å²) in [5, 5.41) is 10.5. The first-order valence-electron chi connectivity index (χ1n) is 6.62. The molecule has 2 N–H and O–H groups in total. The fourth-order valence-electron chi connectivity index (χ4n) is 2.20. The molecule has 2 heterocycles. The number of hydrogen-bond donors (Lipinski definition) is 2. The van der Waals surface area contributed by atoms with Gasteiger partial charge in [0, 0.05) is 12.2 Å². The van der Waals surface area contributed by atoms with Gasteiger partial charge in [-0.2, -0.15) is 5.10 Å². The second-order valence-corrected chi connectivity index (χ2v) is 5.47. The van der Waals surface area contributed by atoms with Crippen molar-refractivity contribution in [3.63, 3.8) is 0 Å². The highest BCUT2D eigenvalue weighted by atomic mass is 16.2. The predicted molar refractivity (Wildman–Crippen MR) is 71.5 cm³/mol. The molecule has 1 aromatic heterocycles. The molecule has 1 amide bonds. The van der Waals surface area contributed by atoms with Gasteiger partial charge in [-0.15, -0.1) is 0 Å². The monoisotopic (exact) mass is 250 g/mol. The topological polar surface area (TPSA) is 59.0 Å². The molecule has 0 bridgehead atoms. The van der Waals surface area contributed by atoms with Crippen LogP contribution in [-0.4, -0.2) is 27.8 Å². The summed E-state index contributed by atoms with van der Waals surface area (Å²) in [5.74, 6) is 0.0329. The van der Waals surface area contributed by atoms with Gasteiger partial charge in [0.15, 0.2) is 0 Å². The number of nitrogens with one attached hydrogen (secondary N) is 2. The largest absolute Gasteiger partial charge is 0.322 e. The molecule has 1 saturated heterocycles. The van der Waals surface area contributed by atoms with Crippen molar-refractivity contribution >= 4 is 11.6 Å². The fraction of sp³-hybridized carbons (Fsp3) is 0.692. The Bertz CT molecular complexity index is 418. The van der Waals surface area contributed by atoms with Crippen molar-refractivity contribution in [1.29, 1.82) is 0 Å². The van der Waals surface area contributed by atoms with Crippen molar-refractivity contribution in [1.82, 2.24) is 15.1 Å². The Morgan fingerprint density at radius 3 is 2.89 bits per heavy atom. The van der Waals surface area contributed by atoms with Gasteiger partial charge < -0.3 is 10.6 Å². The lowest BCUT2D eigenvalue weighted by Crippen LogP contribution is -2.54. The molecule has 1 fully saturated rings. The SMILES string of the molecule is CC(C)n1cc(NC(=O)C2(C)CCCCN2)cn1. The number of carbonyl (C=O) groups excluding carboxylic acids is 1. The maximum atomic E-state index is 12.3. The summed E-state index contributed by atoms with van der Waals surface area (Å²) in [6.07, 6.45) is 6.70. The average Bonchev–Trinajstić information content (AvgIpc) is 2.78. The van der Waals surface area contributed by atoms with Gasteiger partial charge in [-0.1, -0.05) is 0 Å². The third-order valence-electron chi connectivity index (χ3n) is 3.51. The second kappa shape index (κ2) is 5.10. The molecule has 0 saturated carbocycles. The minimum atomic E-state index is -0.446. The summed E-state index contributed by atoms with van der Waals surface area (Å²) < 4.78 is 1.84. The van der Waals surface area contributed by atoms with Crippen LogP contribution in [0.25, 0.3) is 0 Å². The van der Waals surface area contributed by atoms with E-state index >= 15 is 0 Å². The molecule has 5 heteroatoms. The van der Waals surface area contributed by atoms with Gasteiger partial charge in [-0.25, -0.2) is 0 Å². The standard InChI is InChI=1S/C13H22N4O/c1-10(2)17-9-11(8-15-17)16-12(18)13(3)6-4-5-7-14-13/h8-10,14H,4-7H2,1-3H3,(H,16,18). The van der Waals surface area contributed by atoms with Gasteiger partial charge in [0.05, 0.1) is 17.4 Å². The van der Waals surface area contributed by atoms with E-state index in [1.807, 2.05) is 17.8 Å². The number of hydrogen-bond acceptors (Lipinski definition) is 3. The quantitative estimate of drug-likeness (QED) is 0.862. The van der Waals surface area contributed by atoms with Gasteiger partial charge >= 0.3 is 0 Å². The minimum Gasteiger partial charge on any atom is -0.322 e. The van der Waals surface area contributed by atoms with E-state index in [1.54, 1.807) is 6.20 Å². The lowest BCUT2D eigenvalue weighted by molar-refractivity contribution is -0.122. The second-order valence-electron chi connectivity index (χ2n) is 5.47. The normalized spacial score (nSPS) is 24.2. The average molecular weight is 250 g/mol. The van der Waals surface area contributed by atoms with Gasteiger partial charge in [-0.3, -0.25) is 9.48 Å². The van der Waals surface area contributed by atoms with Crippen LogP contribution in [0, 0.1) is 0 Å². The molecule has 0 spiro atoms. The first kappa shape index (κ1) is 13.1. The van der Waals surface area contributed by atoms with Crippen LogP contribution in [0.1, 0.15) is 46.1 Å². The van der Waals surface area contributed by atoms with E-state index in [2.05, 4.69) is 29.6 Å². The first-order valence-corrected chi connectivity index (χ1v) is 6.62. The first-order chi connectivity index (χ1) is 8.51. The van der Waals surface area contributed by atoms with Gasteiger partial charge in [0.1, 0.15) is 0 Å². The third kappa shape index (κ3) is 2.72. The van der Waals surface area contributed by atoms with Gasteiger partial charge in [-0.05, 0) is 46.6 Å². The summed E-state index contributed by atoms with van der Waals surface area (Å²) in [5.41, 5.74) is 0.320. The van der Waals surface area contributed by atoms with Crippen LogP contribution < -0.4 is 10.6 Å². The number of carbonyl (C=O) groups is 1. The lowest BCUT2D eigenvalue weighted by Gasteiger charge is -2.33. The molecule has 18 heavy (non-hydrogen) atoms. The highest BCUT2D eigenvalue weighted by Gasteiger charge is 2.34.